The molecule has 2 rings (SSSR count). The average molecular weight is 226 g/mol. The Kier molecular flexibility index (Phi) is 2.30. The van der Waals surface area contributed by atoms with Crippen molar-refractivity contribution in [2.24, 2.45) is 0 Å². The molecule has 0 saturated heterocycles. The zero-order valence-corrected chi connectivity index (χ0v) is 7.96. The second kappa shape index (κ2) is 3.62. The van der Waals surface area contributed by atoms with E-state index in [4.69, 9.17) is 16.7 Å². The van der Waals surface area contributed by atoms with E-state index in [1.54, 1.807) is 6.07 Å². The van der Waals surface area contributed by atoms with Crippen LogP contribution in [0.5, 0.6) is 0 Å². The summed E-state index contributed by atoms with van der Waals surface area (Å²) >= 11 is 5.54. The number of nitrogens with zero attached hydrogens (tertiary/aromatic N) is 5. The highest BCUT2D eigenvalue weighted by molar-refractivity contribution is 6.29. The number of halogens is 1. The van der Waals surface area contributed by atoms with Gasteiger partial charge >= 0.3 is 5.97 Å². The molecule has 2 aromatic heterocycles. The van der Waals surface area contributed by atoms with Gasteiger partial charge in [-0.25, -0.2) is 9.78 Å². The molecule has 8 heteroatoms. The first-order valence-corrected chi connectivity index (χ1v) is 4.19. The van der Waals surface area contributed by atoms with Crippen LogP contribution in [0.25, 0.3) is 5.82 Å². The number of carboxylic acids is 1. The van der Waals surface area contributed by atoms with E-state index in [1.165, 1.54) is 17.1 Å². The molecule has 15 heavy (non-hydrogen) atoms. The summed E-state index contributed by atoms with van der Waals surface area (Å²) in [5, 5.41) is 19.8. The van der Waals surface area contributed by atoms with E-state index in [0.717, 1.165) is 0 Å². The van der Waals surface area contributed by atoms with Gasteiger partial charge in [0.2, 0.25) is 0 Å². The summed E-state index contributed by atoms with van der Waals surface area (Å²) in [5.74, 6) is -1.15. The number of aromatic nitrogens is 5. The fourth-order valence-corrected chi connectivity index (χ4v) is 1.00. The molecule has 0 fully saturated rings. The predicted octanol–water partition coefficient (Wildman–Crippen LogP) is 0.409. The molecule has 0 spiro atoms. The van der Waals surface area contributed by atoms with Crippen LogP contribution in [0, 0.1) is 0 Å². The summed E-state index contributed by atoms with van der Waals surface area (Å²) in [6, 6.07) is 3.07. The topological polar surface area (TPSA) is 93.8 Å². The highest BCUT2D eigenvalue weighted by atomic mass is 35.5. The molecule has 0 saturated carbocycles. The smallest absolute Gasteiger partial charge is 0.375 e. The van der Waals surface area contributed by atoms with Crippen LogP contribution < -0.4 is 0 Å². The maximum Gasteiger partial charge on any atom is 0.375 e. The van der Waals surface area contributed by atoms with E-state index in [9.17, 15) is 4.79 Å². The maximum absolute atomic E-state index is 10.5. The largest absolute Gasteiger partial charge is 0.475 e. The van der Waals surface area contributed by atoms with E-state index in [-0.39, 0.29) is 11.0 Å². The third-order valence-electron chi connectivity index (χ3n) is 1.54. The molecule has 0 radical (unpaired) electrons. The molecule has 1 N–H and O–H groups in total. The molecule has 0 aliphatic heterocycles. The Morgan fingerprint density at radius 1 is 1.40 bits per heavy atom. The lowest BCUT2D eigenvalue weighted by Crippen LogP contribution is -2.03. The van der Waals surface area contributed by atoms with Gasteiger partial charge < -0.3 is 5.11 Å². The van der Waals surface area contributed by atoms with Gasteiger partial charge in [0.25, 0.3) is 5.82 Å². The third-order valence-corrected chi connectivity index (χ3v) is 1.74. The van der Waals surface area contributed by atoms with Gasteiger partial charge in [-0.3, -0.25) is 0 Å². The number of carbonyl (C=O) groups is 1. The molecule has 2 aromatic rings. The van der Waals surface area contributed by atoms with Gasteiger partial charge in [-0.2, -0.15) is 4.68 Å². The predicted molar refractivity (Wildman–Crippen MR) is 48.9 cm³/mol. The second-order valence-corrected chi connectivity index (χ2v) is 2.92. The van der Waals surface area contributed by atoms with Crippen LogP contribution in [-0.2, 0) is 0 Å². The van der Waals surface area contributed by atoms with Crippen molar-refractivity contribution in [3.63, 3.8) is 0 Å². The van der Waals surface area contributed by atoms with E-state index >= 15 is 0 Å². The summed E-state index contributed by atoms with van der Waals surface area (Å²) in [7, 11) is 0. The maximum atomic E-state index is 10.5. The van der Waals surface area contributed by atoms with Crippen molar-refractivity contribution >= 4 is 17.6 Å². The standard InChI is InChI=1S/C7H4ClN5O2/c8-4-1-2-5(11-10-4)13-3-9-6(12-13)7(14)15/h1-3H,(H,14,15). The number of rotatable bonds is 2. The first-order valence-electron chi connectivity index (χ1n) is 3.81. The molecule has 0 aliphatic carbocycles. The van der Waals surface area contributed by atoms with E-state index in [0.29, 0.717) is 5.82 Å². The fraction of sp³-hybridized carbons (Fsp3) is 0. The van der Waals surface area contributed by atoms with Crippen LogP contribution >= 0.6 is 11.6 Å². The van der Waals surface area contributed by atoms with Gasteiger partial charge in [0, 0.05) is 0 Å². The highest BCUT2D eigenvalue weighted by Gasteiger charge is 2.10. The van der Waals surface area contributed by atoms with Crippen LogP contribution in [0.3, 0.4) is 0 Å². The fourth-order valence-electron chi connectivity index (χ4n) is 0.903. The third kappa shape index (κ3) is 1.91. The number of hydrogen-bond acceptors (Lipinski definition) is 5. The SMILES string of the molecule is O=C(O)c1ncn(-c2ccc(Cl)nn2)n1. The number of hydrogen-bond donors (Lipinski definition) is 1. The number of aromatic carboxylic acids is 1. The highest BCUT2D eigenvalue weighted by Crippen LogP contribution is 2.05. The molecule has 2 heterocycles. The van der Waals surface area contributed by atoms with Crippen LogP contribution in [0.15, 0.2) is 18.5 Å². The van der Waals surface area contributed by atoms with Crippen molar-refractivity contribution in [2.75, 3.05) is 0 Å². The van der Waals surface area contributed by atoms with Gasteiger partial charge in [0.1, 0.15) is 6.33 Å². The van der Waals surface area contributed by atoms with Crippen molar-refractivity contribution in [3.05, 3.63) is 29.4 Å². The first kappa shape index (κ1) is 9.53. The minimum absolute atomic E-state index is 0.248. The molecule has 7 nitrogen and oxygen atoms in total. The van der Waals surface area contributed by atoms with Gasteiger partial charge in [-0.1, -0.05) is 11.6 Å². The van der Waals surface area contributed by atoms with Crippen molar-refractivity contribution in [3.8, 4) is 5.82 Å². The van der Waals surface area contributed by atoms with Crippen LogP contribution in [-0.4, -0.2) is 36.0 Å². The Morgan fingerprint density at radius 3 is 2.73 bits per heavy atom. The Morgan fingerprint density at radius 2 is 2.20 bits per heavy atom. The summed E-state index contributed by atoms with van der Waals surface area (Å²) in [5.41, 5.74) is 0. The average Bonchev–Trinajstić information content (AvgIpc) is 2.68. The number of carboxylic acid groups (broad SMARTS) is 1. The minimum atomic E-state index is -1.20. The molecule has 0 aromatic carbocycles. The van der Waals surface area contributed by atoms with Gasteiger partial charge in [0.05, 0.1) is 0 Å². The van der Waals surface area contributed by atoms with Crippen LogP contribution in [0.4, 0.5) is 0 Å². The first-order chi connectivity index (χ1) is 7.16. The summed E-state index contributed by atoms with van der Waals surface area (Å²) in [6.07, 6.45) is 1.24. The van der Waals surface area contributed by atoms with Crippen LogP contribution in [0.1, 0.15) is 10.6 Å². The van der Waals surface area contributed by atoms with Gasteiger partial charge in [-0.05, 0) is 12.1 Å². The summed E-state index contributed by atoms with van der Waals surface area (Å²) in [4.78, 5) is 14.1. The van der Waals surface area contributed by atoms with Crippen molar-refractivity contribution in [1.82, 2.24) is 25.0 Å². The molecule has 0 amide bonds. The molecule has 0 aliphatic rings. The lowest BCUT2D eigenvalue weighted by Gasteiger charge is -1.96. The van der Waals surface area contributed by atoms with Gasteiger partial charge in [0.15, 0.2) is 11.0 Å². The lowest BCUT2D eigenvalue weighted by molar-refractivity contribution is 0.0683. The van der Waals surface area contributed by atoms with Gasteiger partial charge in [-0.15, -0.1) is 15.3 Å². The Labute approximate surface area is 88.3 Å². The summed E-state index contributed by atoms with van der Waals surface area (Å²) in [6.45, 7) is 0. The molecule has 0 atom stereocenters. The minimum Gasteiger partial charge on any atom is -0.475 e. The summed E-state index contributed by atoms with van der Waals surface area (Å²) < 4.78 is 1.20. The second-order valence-electron chi connectivity index (χ2n) is 2.53. The zero-order chi connectivity index (χ0) is 10.8. The molecule has 76 valence electrons. The lowest BCUT2D eigenvalue weighted by atomic mass is 10.5. The van der Waals surface area contributed by atoms with E-state index in [1.807, 2.05) is 0 Å². The monoisotopic (exact) mass is 225 g/mol. The van der Waals surface area contributed by atoms with Crippen LogP contribution in [0.2, 0.25) is 5.15 Å². The molecule has 0 bridgehead atoms. The quantitative estimate of drug-likeness (QED) is 0.796. The molecular weight excluding hydrogens is 222 g/mol. The molecule has 0 unspecified atom stereocenters. The normalized spacial score (nSPS) is 10.2. The van der Waals surface area contributed by atoms with Crippen molar-refractivity contribution in [2.45, 2.75) is 0 Å². The van der Waals surface area contributed by atoms with E-state index in [2.05, 4.69) is 20.3 Å². The Bertz CT molecular complexity index is 494. The zero-order valence-electron chi connectivity index (χ0n) is 7.20. The van der Waals surface area contributed by atoms with E-state index < -0.39 is 5.97 Å². The Hall–Kier alpha value is -2.02. The molecular formula is C7H4ClN5O2. The van der Waals surface area contributed by atoms with Crippen molar-refractivity contribution < 1.29 is 9.90 Å². The van der Waals surface area contributed by atoms with Crippen molar-refractivity contribution in [1.29, 1.82) is 0 Å². The Balaban J connectivity index is 2.37.